The van der Waals surface area contributed by atoms with E-state index in [-0.39, 0.29) is 5.91 Å². The minimum absolute atomic E-state index is 0.228. The Kier molecular flexibility index (Phi) is 3.23. The van der Waals surface area contributed by atoms with Crippen LogP contribution in [0.1, 0.15) is 6.42 Å². The third-order valence-corrected chi connectivity index (χ3v) is 4.08. The van der Waals surface area contributed by atoms with Crippen molar-refractivity contribution < 1.29 is 14.7 Å². The Morgan fingerprint density at radius 1 is 1.35 bits per heavy atom. The highest BCUT2D eigenvalue weighted by atomic mass is 32.1. The number of rotatable bonds is 4. The molecule has 0 unspecified atom stereocenters. The standard InChI is InChI=1S/C14H12N2O3S/c17-12(10-7-11(10)14(18)19)16-9-3-1-2-8(6-9)13-15-4-5-20-13/h1-6,10-11H,7H2,(H,16,17)(H,18,19)/t10-,11+/m1/s1. The lowest BCUT2D eigenvalue weighted by Gasteiger charge is -2.05. The summed E-state index contributed by atoms with van der Waals surface area (Å²) in [5.41, 5.74) is 1.60. The third kappa shape index (κ3) is 2.55. The van der Waals surface area contributed by atoms with Crippen LogP contribution < -0.4 is 5.32 Å². The van der Waals surface area contributed by atoms with Crippen LogP contribution in [-0.2, 0) is 9.59 Å². The number of aliphatic carboxylic acids is 1. The summed E-state index contributed by atoms with van der Waals surface area (Å²) in [6.07, 6.45) is 2.15. The first-order valence-corrected chi connectivity index (χ1v) is 7.07. The van der Waals surface area contributed by atoms with Gasteiger partial charge >= 0.3 is 5.97 Å². The first-order chi connectivity index (χ1) is 9.65. The summed E-state index contributed by atoms with van der Waals surface area (Å²) in [4.78, 5) is 26.9. The second-order valence-corrected chi connectivity index (χ2v) is 5.59. The number of hydrogen-bond donors (Lipinski definition) is 2. The number of benzene rings is 1. The van der Waals surface area contributed by atoms with E-state index in [0.717, 1.165) is 10.6 Å². The number of nitrogens with zero attached hydrogens (tertiary/aromatic N) is 1. The van der Waals surface area contributed by atoms with Crippen molar-refractivity contribution in [2.75, 3.05) is 5.32 Å². The molecule has 1 aromatic heterocycles. The Bertz CT molecular complexity index is 654. The fourth-order valence-corrected chi connectivity index (χ4v) is 2.72. The molecule has 0 saturated heterocycles. The van der Waals surface area contributed by atoms with E-state index in [9.17, 15) is 9.59 Å². The lowest BCUT2D eigenvalue weighted by atomic mass is 10.2. The van der Waals surface area contributed by atoms with Crippen molar-refractivity contribution in [3.8, 4) is 10.6 Å². The Labute approximate surface area is 119 Å². The van der Waals surface area contributed by atoms with Gasteiger partial charge in [0.1, 0.15) is 5.01 Å². The van der Waals surface area contributed by atoms with Crippen molar-refractivity contribution in [2.24, 2.45) is 11.8 Å². The quantitative estimate of drug-likeness (QED) is 0.905. The van der Waals surface area contributed by atoms with Gasteiger partial charge in [-0.15, -0.1) is 11.3 Å². The van der Waals surface area contributed by atoms with Crippen molar-refractivity contribution in [3.63, 3.8) is 0 Å². The number of hydrogen-bond acceptors (Lipinski definition) is 4. The van der Waals surface area contributed by atoms with Crippen molar-refractivity contribution in [3.05, 3.63) is 35.8 Å². The minimum atomic E-state index is -0.901. The number of carbonyl (C=O) groups is 2. The predicted molar refractivity (Wildman–Crippen MR) is 75.4 cm³/mol. The predicted octanol–water partition coefficient (Wildman–Crippen LogP) is 2.47. The molecule has 1 aliphatic carbocycles. The Morgan fingerprint density at radius 3 is 2.85 bits per heavy atom. The van der Waals surface area contributed by atoms with Gasteiger partial charge in [0.15, 0.2) is 0 Å². The van der Waals surface area contributed by atoms with Crippen LogP contribution in [0, 0.1) is 11.8 Å². The maximum Gasteiger partial charge on any atom is 0.307 e. The van der Waals surface area contributed by atoms with Crippen molar-refractivity contribution in [2.45, 2.75) is 6.42 Å². The molecule has 3 rings (SSSR count). The molecule has 0 spiro atoms. The topological polar surface area (TPSA) is 79.3 Å². The number of anilines is 1. The maximum absolute atomic E-state index is 11.9. The zero-order valence-corrected chi connectivity index (χ0v) is 11.3. The summed E-state index contributed by atoms with van der Waals surface area (Å²) >= 11 is 1.53. The Hall–Kier alpha value is -2.21. The van der Waals surface area contributed by atoms with Gasteiger partial charge in [-0.3, -0.25) is 9.59 Å². The second-order valence-electron chi connectivity index (χ2n) is 4.69. The highest BCUT2D eigenvalue weighted by molar-refractivity contribution is 7.13. The highest BCUT2D eigenvalue weighted by Gasteiger charge is 2.48. The number of thiazole rings is 1. The summed E-state index contributed by atoms with van der Waals surface area (Å²) < 4.78 is 0. The van der Waals surface area contributed by atoms with Crippen LogP contribution in [-0.4, -0.2) is 22.0 Å². The monoisotopic (exact) mass is 288 g/mol. The average molecular weight is 288 g/mol. The maximum atomic E-state index is 11.9. The van der Waals surface area contributed by atoms with E-state index in [1.807, 2.05) is 23.6 Å². The van der Waals surface area contributed by atoms with Crippen molar-refractivity contribution in [1.29, 1.82) is 0 Å². The molecule has 1 fully saturated rings. The van der Waals surface area contributed by atoms with Gasteiger partial charge in [-0.25, -0.2) is 4.98 Å². The Morgan fingerprint density at radius 2 is 2.20 bits per heavy atom. The molecule has 2 aromatic rings. The number of nitrogens with one attached hydrogen (secondary N) is 1. The summed E-state index contributed by atoms with van der Waals surface area (Å²) in [6, 6.07) is 7.39. The summed E-state index contributed by atoms with van der Waals surface area (Å²) in [7, 11) is 0. The van der Waals surface area contributed by atoms with Crippen molar-refractivity contribution >= 4 is 28.9 Å². The first-order valence-electron chi connectivity index (χ1n) is 6.19. The molecule has 5 nitrogen and oxygen atoms in total. The molecule has 0 radical (unpaired) electrons. The third-order valence-electron chi connectivity index (χ3n) is 3.25. The molecule has 20 heavy (non-hydrogen) atoms. The number of amides is 1. The van der Waals surface area contributed by atoms with E-state index < -0.39 is 17.8 Å². The van der Waals surface area contributed by atoms with Crippen LogP contribution in [0.25, 0.3) is 10.6 Å². The molecular weight excluding hydrogens is 276 g/mol. The van der Waals surface area contributed by atoms with E-state index in [2.05, 4.69) is 10.3 Å². The zero-order chi connectivity index (χ0) is 14.1. The van der Waals surface area contributed by atoms with Crippen LogP contribution in [0.5, 0.6) is 0 Å². The second kappa shape index (κ2) is 5.05. The van der Waals surface area contributed by atoms with Gasteiger partial charge in [0, 0.05) is 22.8 Å². The molecule has 2 atom stereocenters. The van der Waals surface area contributed by atoms with Gasteiger partial charge in [0.05, 0.1) is 11.8 Å². The molecule has 6 heteroatoms. The molecule has 102 valence electrons. The fraction of sp³-hybridized carbons (Fsp3) is 0.214. The van der Waals surface area contributed by atoms with Gasteiger partial charge in [0.25, 0.3) is 0 Å². The zero-order valence-electron chi connectivity index (χ0n) is 10.4. The summed E-state index contributed by atoms with van der Waals surface area (Å²) in [6.45, 7) is 0. The molecular formula is C14H12N2O3S. The fourth-order valence-electron chi connectivity index (χ4n) is 2.09. The van der Waals surface area contributed by atoms with Crippen LogP contribution in [0.15, 0.2) is 35.8 Å². The number of aromatic nitrogens is 1. The van der Waals surface area contributed by atoms with Gasteiger partial charge in [-0.1, -0.05) is 12.1 Å². The van der Waals surface area contributed by atoms with Crippen LogP contribution in [0.2, 0.25) is 0 Å². The van der Waals surface area contributed by atoms with E-state index in [4.69, 9.17) is 5.11 Å². The lowest BCUT2D eigenvalue weighted by molar-refractivity contribution is -0.139. The van der Waals surface area contributed by atoms with Crippen molar-refractivity contribution in [1.82, 2.24) is 4.98 Å². The molecule has 2 N–H and O–H groups in total. The van der Waals surface area contributed by atoms with Gasteiger partial charge in [0.2, 0.25) is 5.91 Å². The van der Waals surface area contributed by atoms with Gasteiger partial charge < -0.3 is 10.4 Å². The normalized spacial score (nSPS) is 20.4. The molecule has 1 aromatic carbocycles. The molecule has 1 saturated carbocycles. The van der Waals surface area contributed by atoms with Crippen LogP contribution >= 0.6 is 11.3 Å². The molecule has 1 amide bonds. The van der Waals surface area contributed by atoms with E-state index in [0.29, 0.717) is 12.1 Å². The molecule has 0 aliphatic heterocycles. The van der Waals surface area contributed by atoms with E-state index >= 15 is 0 Å². The number of carboxylic acids is 1. The summed E-state index contributed by atoms with van der Waals surface area (Å²) in [5, 5.41) is 14.4. The van der Waals surface area contributed by atoms with E-state index in [1.54, 1.807) is 12.3 Å². The Balaban J connectivity index is 1.71. The van der Waals surface area contributed by atoms with Crippen LogP contribution in [0.4, 0.5) is 5.69 Å². The number of carbonyl (C=O) groups excluding carboxylic acids is 1. The van der Waals surface area contributed by atoms with E-state index in [1.165, 1.54) is 11.3 Å². The molecule has 1 heterocycles. The lowest BCUT2D eigenvalue weighted by Crippen LogP contribution is -2.16. The minimum Gasteiger partial charge on any atom is -0.481 e. The smallest absolute Gasteiger partial charge is 0.307 e. The first kappa shape index (κ1) is 12.8. The SMILES string of the molecule is O=C(O)[C@H]1C[C@H]1C(=O)Nc1cccc(-c2nccs2)c1. The molecule has 0 bridgehead atoms. The number of carboxylic acid groups (broad SMARTS) is 1. The highest BCUT2D eigenvalue weighted by Crippen LogP contribution is 2.39. The van der Waals surface area contributed by atoms with Gasteiger partial charge in [-0.05, 0) is 18.6 Å². The average Bonchev–Trinajstić information content (AvgIpc) is 3.06. The molecule has 1 aliphatic rings. The summed E-state index contributed by atoms with van der Waals surface area (Å²) in [5.74, 6) is -2.07. The van der Waals surface area contributed by atoms with Crippen LogP contribution in [0.3, 0.4) is 0 Å². The largest absolute Gasteiger partial charge is 0.481 e. The van der Waals surface area contributed by atoms with Gasteiger partial charge in [-0.2, -0.15) is 0 Å².